The molecule has 1 unspecified atom stereocenters. The lowest BCUT2D eigenvalue weighted by Crippen LogP contribution is -2.20. The van der Waals surface area contributed by atoms with Crippen molar-refractivity contribution in [2.24, 2.45) is 0 Å². The molecule has 0 saturated carbocycles. The van der Waals surface area contributed by atoms with Crippen LogP contribution in [0, 0.1) is 0 Å². The van der Waals surface area contributed by atoms with Crippen molar-refractivity contribution in [3.8, 4) is 11.3 Å². The van der Waals surface area contributed by atoms with Gasteiger partial charge in [-0.2, -0.15) is 0 Å². The van der Waals surface area contributed by atoms with Crippen molar-refractivity contribution in [3.05, 3.63) is 71.9 Å². The van der Waals surface area contributed by atoms with Crippen molar-refractivity contribution in [2.45, 2.75) is 13.2 Å². The number of rotatable bonds is 6. The third kappa shape index (κ3) is 4.74. The summed E-state index contributed by atoms with van der Waals surface area (Å²) in [5, 5.41) is 7.99. The fraction of sp³-hybridized carbons (Fsp3) is 0.217. The molecular formula is C23H23N6O3S-. The van der Waals surface area contributed by atoms with E-state index in [1.54, 1.807) is 6.20 Å². The summed E-state index contributed by atoms with van der Waals surface area (Å²) in [5.41, 5.74) is 6.70. The van der Waals surface area contributed by atoms with E-state index in [-0.39, 0.29) is 6.54 Å². The molecule has 0 bridgehead atoms. The summed E-state index contributed by atoms with van der Waals surface area (Å²) in [6, 6.07) is 17.8. The fourth-order valence-corrected chi connectivity index (χ4v) is 4.23. The van der Waals surface area contributed by atoms with Gasteiger partial charge in [0.25, 0.3) is 0 Å². The maximum absolute atomic E-state index is 10.8. The quantitative estimate of drug-likeness (QED) is 0.423. The van der Waals surface area contributed by atoms with Gasteiger partial charge in [0.1, 0.15) is 0 Å². The first-order chi connectivity index (χ1) is 16.1. The van der Waals surface area contributed by atoms with Crippen molar-refractivity contribution >= 4 is 34.1 Å². The summed E-state index contributed by atoms with van der Waals surface area (Å²) >= 11 is -2.30. The Bertz CT molecular complexity index is 1320. The molecule has 1 atom stereocenters. The topological polar surface area (TPSA) is 107 Å². The number of hydrogen-bond donors (Lipinski definition) is 2. The van der Waals surface area contributed by atoms with E-state index in [4.69, 9.17) is 9.84 Å². The van der Waals surface area contributed by atoms with Crippen molar-refractivity contribution in [3.63, 3.8) is 0 Å². The molecule has 2 N–H and O–H groups in total. The van der Waals surface area contributed by atoms with Gasteiger partial charge in [0.05, 0.1) is 30.6 Å². The average molecular weight is 464 g/mol. The van der Waals surface area contributed by atoms with E-state index < -0.39 is 11.3 Å². The molecule has 1 aliphatic heterocycles. The van der Waals surface area contributed by atoms with Crippen LogP contribution in [-0.4, -0.2) is 43.6 Å². The zero-order valence-corrected chi connectivity index (χ0v) is 18.8. The summed E-state index contributed by atoms with van der Waals surface area (Å²) in [6.45, 7) is 2.37. The van der Waals surface area contributed by atoms with E-state index in [0.29, 0.717) is 19.2 Å². The summed E-state index contributed by atoms with van der Waals surface area (Å²) in [5.74, 6) is 0.474. The molecule has 5 rings (SSSR count). The Morgan fingerprint density at radius 1 is 1.18 bits per heavy atom. The Morgan fingerprint density at radius 3 is 2.97 bits per heavy atom. The summed E-state index contributed by atoms with van der Waals surface area (Å²) < 4.78 is 31.6. The lowest BCUT2D eigenvalue weighted by atomic mass is 10.1. The first-order valence-electron chi connectivity index (χ1n) is 10.5. The Morgan fingerprint density at radius 2 is 2.09 bits per heavy atom. The van der Waals surface area contributed by atoms with Crippen LogP contribution in [0.2, 0.25) is 0 Å². The lowest BCUT2D eigenvalue weighted by Gasteiger charge is -2.19. The molecule has 0 spiro atoms. The van der Waals surface area contributed by atoms with E-state index in [1.807, 2.05) is 47.0 Å². The Labute approximate surface area is 193 Å². The monoisotopic (exact) mass is 463 g/mol. The molecule has 0 aliphatic carbocycles. The zero-order chi connectivity index (χ0) is 22.8. The third-order valence-electron chi connectivity index (χ3n) is 5.59. The summed E-state index contributed by atoms with van der Waals surface area (Å²) in [6.07, 6.45) is 1.77. The van der Waals surface area contributed by atoms with Crippen LogP contribution in [0.5, 0.6) is 0 Å². The smallest absolute Gasteiger partial charge is 0.245 e. The molecule has 2 aromatic heterocycles. The molecule has 3 heterocycles. The van der Waals surface area contributed by atoms with E-state index in [1.165, 1.54) is 0 Å². The van der Waals surface area contributed by atoms with Crippen molar-refractivity contribution in [1.29, 1.82) is 0 Å². The molecule has 0 amide bonds. The second-order valence-electron chi connectivity index (χ2n) is 7.84. The molecule has 2 aromatic carbocycles. The molecule has 170 valence electrons. The molecule has 0 fully saturated rings. The molecule has 0 saturated heterocycles. The summed E-state index contributed by atoms with van der Waals surface area (Å²) in [4.78, 5) is 6.65. The highest BCUT2D eigenvalue weighted by Gasteiger charge is 2.14. The van der Waals surface area contributed by atoms with Crippen molar-refractivity contribution in [2.75, 3.05) is 30.4 Å². The predicted octanol–water partition coefficient (Wildman–Crippen LogP) is 2.99. The minimum atomic E-state index is -2.30. The van der Waals surface area contributed by atoms with Crippen LogP contribution in [0.25, 0.3) is 16.8 Å². The van der Waals surface area contributed by atoms with E-state index in [0.717, 1.165) is 45.8 Å². The number of ether oxygens (including phenoxy) is 1. The Balaban J connectivity index is 1.43. The van der Waals surface area contributed by atoms with Gasteiger partial charge in [0.15, 0.2) is 0 Å². The first-order valence-corrected chi connectivity index (χ1v) is 11.6. The van der Waals surface area contributed by atoms with Crippen LogP contribution >= 0.6 is 0 Å². The second-order valence-corrected chi connectivity index (χ2v) is 8.59. The number of nitrogens with zero attached hydrogens (tertiary/aromatic N) is 4. The van der Waals surface area contributed by atoms with Gasteiger partial charge in [-0.05, 0) is 42.0 Å². The molecule has 10 heteroatoms. The van der Waals surface area contributed by atoms with Gasteiger partial charge < -0.3 is 19.5 Å². The minimum Gasteiger partial charge on any atom is -0.760 e. The third-order valence-corrected chi connectivity index (χ3v) is 5.97. The van der Waals surface area contributed by atoms with Crippen LogP contribution in [0.4, 0.5) is 17.3 Å². The number of nitrogens with one attached hydrogen (secondary N) is 2. The number of benzene rings is 2. The van der Waals surface area contributed by atoms with Gasteiger partial charge in [0, 0.05) is 53.9 Å². The standard InChI is InChI=1S/C23H24N6O3S/c1-28-9-10-32-15-18-12-19(5-7-21(18)28)26-23-24-14-20-6-8-22(29(20)27-23)17-4-2-3-16(11-17)13-25-33(30)31/h2-8,11-12,14,25H,9-10,13,15H2,1H3,(H,26,27)(H,30,31)/p-1. The first kappa shape index (κ1) is 21.5. The maximum atomic E-state index is 10.8. The van der Waals surface area contributed by atoms with Crippen LogP contribution in [0.15, 0.2) is 60.8 Å². The van der Waals surface area contributed by atoms with Gasteiger partial charge in [-0.1, -0.05) is 18.2 Å². The highest BCUT2D eigenvalue weighted by molar-refractivity contribution is 7.77. The van der Waals surface area contributed by atoms with Gasteiger partial charge in [-0.25, -0.2) is 14.2 Å². The number of anilines is 3. The molecule has 1 aliphatic rings. The van der Waals surface area contributed by atoms with Crippen LogP contribution in [0.1, 0.15) is 11.1 Å². The highest BCUT2D eigenvalue weighted by Crippen LogP contribution is 2.28. The minimum absolute atomic E-state index is 0.228. The molecule has 4 aromatic rings. The number of aromatic nitrogens is 3. The van der Waals surface area contributed by atoms with Gasteiger partial charge in [-0.15, -0.1) is 5.10 Å². The normalized spacial score (nSPS) is 14.7. The lowest BCUT2D eigenvalue weighted by molar-refractivity contribution is 0.133. The molecule has 33 heavy (non-hydrogen) atoms. The molecular weight excluding hydrogens is 440 g/mol. The number of fused-ring (bicyclic) bond motifs is 2. The van der Waals surface area contributed by atoms with Crippen LogP contribution in [0.3, 0.4) is 0 Å². The number of hydrogen-bond acceptors (Lipinski definition) is 7. The molecule has 9 nitrogen and oxygen atoms in total. The van der Waals surface area contributed by atoms with Crippen molar-refractivity contribution in [1.82, 2.24) is 19.3 Å². The highest BCUT2D eigenvalue weighted by atomic mass is 32.2. The Kier molecular flexibility index (Phi) is 6.05. The fourth-order valence-electron chi connectivity index (χ4n) is 3.94. The number of likely N-dealkylation sites (N-methyl/N-ethyl adjacent to an activating group) is 1. The zero-order valence-electron chi connectivity index (χ0n) is 18.0. The van der Waals surface area contributed by atoms with E-state index in [9.17, 15) is 8.76 Å². The molecule has 0 radical (unpaired) electrons. The van der Waals surface area contributed by atoms with Crippen LogP contribution in [-0.2, 0) is 29.2 Å². The SMILES string of the molecule is CN1CCOCc2cc(Nc3ncc4ccc(-c5cccc(CNS(=O)[O-])c5)n4n3)ccc21. The predicted molar refractivity (Wildman–Crippen MR) is 127 cm³/mol. The van der Waals surface area contributed by atoms with Gasteiger partial charge in [-0.3, -0.25) is 4.21 Å². The van der Waals surface area contributed by atoms with Crippen LogP contribution < -0.4 is 14.9 Å². The van der Waals surface area contributed by atoms with Gasteiger partial charge >= 0.3 is 0 Å². The maximum Gasteiger partial charge on any atom is 0.245 e. The van der Waals surface area contributed by atoms with E-state index in [2.05, 4.69) is 39.1 Å². The van der Waals surface area contributed by atoms with Crippen molar-refractivity contribution < 1.29 is 13.5 Å². The second kappa shape index (κ2) is 9.28. The Hall–Kier alpha value is -3.31. The largest absolute Gasteiger partial charge is 0.760 e. The van der Waals surface area contributed by atoms with E-state index >= 15 is 0 Å². The summed E-state index contributed by atoms with van der Waals surface area (Å²) in [7, 11) is 2.07. The average Bonchev–Trinajstić information content (AvgIpc) is 3.15. The van der Waals surface area contributed by atoms with Gasteiger partial charge in [0.2, 0.25) is 5.95 Å².